The normalized spacial score (nSPS) is 10.5. The summed E-state index contributed by atoms with van der Waals surface area (Å²) in [7, 11) is 0. The van der Waals surface area contributed by atoms with E-state index in [1.54, 1.807) is 30.3 Å². The Balaban J connectivity index is 1.61. The fourth-order valence-electron chi connectivity index (χ4n) is 2.70. The molecule has 0 radical (unpaired) electrons. The summed E-state index contributed by atoms with van der Waals surface area (Å²) in [6.45, 7) is 2.57. The molecule has 3 aromatic rings. The summed E-state index contributed by atoms with van der Waals surface area (Å²) >= 11 is 0. The van der Waals surface area contributed by atoms with Crippen LogP contribution in [-0.4, -0.2) is 15.5 Å². The molecule has 3 rings (SSSR count). The highest BCUT2D eigenvalue weighted by atomic mass is 16.1. The molecule has 0 saturated carbocycles. The van der Waals surface area contributed by atoms with Crippen molar-refractivity contribution < 1.29 is 4.79 Å². The Morgan fingerprint density at radius 2 is 2.00 bits per heavy atom. The van der Waals surface area contributed by atoms with E-state index in [0.717, 1.165) is 11.1 Å². The summed E-state index contributed by atoms with van der Waals surface area (Å²) in [5.41, 5.74) is 3.00. The molecule has 0 bridgehead atoms. The van der Waals surface area contributed by atoms with E-state index in [1.165, 1.54) is 10.9 Å². The van der Waals surface area contributed by atoms with Crippen molar-refractivity contribution in [3.05, 3.63) is 75.8 Å². The van der Waals surface area contributed by atoms with E-state index >= 15 is 0 Å². The summed E-state index contributed by atoms with van der Waals surface area (Å²) in [5.74, 6) is -0.148. The zero-order valence-corrected chi connectivity index (χ0v) is 14.4. The zero-order valence-electron chi connectivity index (χ0n) is 14.4. The smallest absolute Gasteiger partial charge is 0.261 e. The van der Waals surface area contributed by atoms with Crippen molar-refractivity contribution in [3.8, 4) is 6.07 Å². The van der Waals surface area contributed by atoms with Crippen molar-refractivity contribution in [2.24, 2.45) is 0 Å². The van der Waals surface area contributed by atoms with Gasteiger partial charge in [0.1, 0.15) is 0 Å². The third kappa shape index (κ3) is 3.78. The maximum atomic E-state index is 12.5. The highest BCUT2D eigenvalue weighted by Crippen LogP contribution is 2.11. The molecule has 0 atom stereocenters. The molecular formula is C20H18N4O2. The first-order valence-corrected chi connectivity index (χ1v) is 8.29. The Hall–Kier alpha value is -3.46. The number of rotatable bonds is 5. The average Bonchev–Trinajstić information content (AvgIpc) is 2.67. The number of aryl methyl sites for hydroxylation is 2. The molecule has 0 fully saturated rings. The Kier molecular flexibility index (Phi) is 5.09. The number of hydrogen-bond acceptors (Lipinski definition) is 4. The second-order valence-electron chi connectivity index (χ2n) is 6.05. The van der Waals surface area contributed by atoms with Gasteiger partial charge in [0.25, 0.3) is 5.56 Å². The van der Waals surface area contributed by atoms with Crippen LogP contribution in [0.2, 0.25) is 0 Å². The molecule has 130 valence electrons. The summed E-state index contributed by atoms with van der Waals surface area (Å²) in [6, 6.07) is 14.6. The van der Waals surface area contributed by atoms with E-state index < -0.39 is 0 Å². The molecular weight excluding hydrogens is 328 g/mol. The van der Waals surface area contributed by atoms with E-state index in [1.807, 2.05) is 19.1 Å². The van der Waals surface area contributed by atoms with Gasteiger partial charge in [-0.1, -0.05) is 24.3 Å². The lowest BCUT2D eigenvalue weighted by atomic mass is 10.1. The summed E-state index contributed by atoms with van der Waals surface area (Å²) in [5, 5.41) is 12.2. The second-order valence-corrected chi connectivity index (χ2v) is 6.05. The molecule has 6 nitrogen and oxygen atoms in total. The topological polar surface area (TPSA) is 87.8 Å². The van der Waals surface area contributed by atoms with Crippen molar-refractivity contribution in [2.75, 3.05) is 0 Å². The lowest BCUT2D eigenvalue weighted by molar-refractivity contribution is -0.121. The van der Waals surface area contributed by atoms with Gasteiger partial charge in [-0.25, -0.2) is 4.98 Å². The van der Waals surface area contributed by atoms with Crippen molar-refractivity contribution in [1.82, 2.24) is 14.9 Å². The minimum absolute atomic E-state index is 0.140. The van der Waals surface area contributed by atoms with Crippen molar-refractivity contribution >= 4 is 16.8 Å². The largest absolute Gasteiger partial charge is 0.352 e. The van der Waals surface area contributed by atoms with E-state index in [0.29, 0.717) is 23.0 Å². The highest BCUT2D eigenvalue weighted by Gasteiger charge is 2.08. The number of para-hydroxylation sites is 1. The maximum Gasteiger partial charge on any atom is 0.261 e. The molecule has 6 heteroatoms. The summed E-state index contributed by atoms with van der Waals surface area (Å²) in [4.78, 5) is 28.9. The van der Waals surface area contributed by atoms with Gasteiger partial charge in [-0.05, 0) is 36.2 Å². The van der Waals surface area contributed by atoms with Gasteiger partial charge in [0, 0.05) is 19.5 Å². The van der Waals surface area contributed by atoms with Gasteiger partial charge in [0.15, 0.2) is 0 Å². The molecule has 0 aliphatic heterocycles. The number of nitrogens with zero attached hydrogens (tertiary/aromatic N) is 3. The Labute approximate surface area is 150 Å². The molecule has 1 amide bonds. The predicted molar refractivity (Wildman–Crippen MR) is 98.4 cm³/mol. The molecule has 26 heavy (non-hydrogen) atoms. The summed E-state index contributed by atoms with van der Waals surface area (Å²) < 4.78 is 1.46. The quantitative estimate of drug-likeness (QED) is 0.768. The molecule has 1 heterocycles. The first-order chi connectivity index (χ1) is 12.6. The lowest BCUT2D eigenvalue weighted by Crippen LogP contribution is -2.27. The van der Waals surface area contributed by atoms with Crippen LogP contribution in [0, 0.1) is 18.3 Å². The third-order valence-corrected chi connectivity index (χ3v) is 4.21. The first-order valence-electron chi connectivity index (χ1n) is 8.29. The number of fused-ring (bicyclic) bond motifs is 1. The molecule has 0 spiro atoms. The number of carbonyl (C=O) groups is 1. The van der Waals surface area contributed by atoms with Gasteiger partial charge < -0.3 is 5.32 Å². The van der Waals surface area contributed by atoms with Crippen LogP contribution in [0.4, 0.5) is 0 Å². The van der Waals surface area contributed by atoms with Gasteiger partial charge in [0.05, 0.1) is 28.9 Å². The minimum Gasteiger partial charge on any atom is -0.352 e. The number of nitriles is 1. The number of carbonyl (C=O) groups excluding carboxylic acids is 1. The second kappa shape index (κ2) is 7.62. The lowest BCUT2D eigenvalue weighted by Gasteiger charge is -2.08. The van der Waals surface area contributed by atoms with Crippen molar-refractivity contribution in [1.29, 1.82) is 5.26 Å². The average molecular weight is 346 g/mol. The van der Waals surface area contributed by atoms with Crippen LogP contribution in [0.25, 0.3) is 10.9 Å². The fourth-order valence-corrected chi connectivity index (χ4v) is 2.70. The SMILES string of the molecule is Cc1cccc2c(=O)n(CCC(=O)NCc3ccc(C#N)cc3)cnc12. The number of benzene rings is 2. The molecule has 0 aliphatic carbocycles. The number of nitrogens with one attached hydrogen (secondary N) is 1. The highest BCUT2D eigenvalue weighted by molar-refractivity contribution is 5.80. The summed E-state index contributed by atoms with van der Waals surface area (Å²) in [6.07, 6.45) is 1.68. The van der Waals surface area contributed by atoms with E-state index in [4.69, 9.17) is 5.26 Å². The Morgan fingerprint density at radius 3 is 2.73 bits per heavy atom. The van der Waals surface area contributed by atoms with Crippen LogP contribution in [0.15, 0.2) is 53.6 Å². The van der Waals surface area contributed by atoms with Crippen LogP contribution < -0.4 is 10.9 Å². The van der Waals surface area contributed by atoms with E-state index in [9.17, 15) is 9.59 Å². The van der Waals surface area contributed by atoms with Gasteiger partial charge in [-0.15, -0.1) is 0 Å². The van der Waals surface area contributed by atoms with Gasteiger partial charge in [0.2, 0.25) is 5.91 Å². The van der Waals surface area contributed by atoms with Crippen LogP contribution in [0.3, 0.4) is 0 Å². The molecule has 0 saturated heterocycles. The minimum atomic E-state index is -0.148. The number of hydrogen-bond donors (Lipinski definition) is 1. The molecule has 0 aliphatic rings. The van der Waals surface area contributed by atoms with Crippen molar-refractivity contribution in [3.63, 3.8) is 0 Å². The monoisotopic (exact) mass is 346 g/mol. The maximum absolute atomic E-state index is 12.5. The molecule has 1 N–H and O–H groups in total. The van der Waals surface area contributed by atoms with Crippen LogP contribution in [0.1, 0.15) is 23.1 Å². The third-order valence-electron chi connectivity index (χ3n) is 4.21. The van der Waals surface area contributed by atoms with E-state index in [2.05, 4.69) is 16.4 Å². The molecule has 2 aromatic carbocycles. The first kappa shape index (κ1) is 17.4. The van der Waals surface area contributed by atoms with Crippen molar-refractivity contribution in [2.45, 2.75) is 26.4 Å². The van der Waals surface area contributed by atoms with Gasteiger partial charge >= 0.3 is 0 Å². The number of amides is 1. The fraction of sp³-hybridized carbons (Fsp3) is 0.200. The van der Waals surface area contributed by atoms with Gasteiger partial charge in [-0.3, -0.25) is 14.2 Å². The molecule has 0 unspecified atom stereocenters. The standard InChI is InChI=1S/C20H18N4O2/c1-14-3-2-4-17-19(14)23-13-24(20(17)26)10-9-18(25)22-12-16-7-5-15(11-21)6-8-16/h2-8,13H,9-10,12H2,1H3,(H,22,25). The van der Waals surface area contributed by atoms with Crippen LogP contribution in [-0.2, 0) is 17.9 Å². The van der Waals surface area contributed by atoms with Crippen LogP contribution >= 0.6 is 0 Å². The Morgan fingerprint density at radius 1 is 1.23 bits per heavy atom. The molecule has 1 aromatic heterocycles. The van der Waals surface area contributed by atoms with E-state index in [-0.39, 0.29) is 24.4 Å². The Bertz CT molecular complexity index is 1050. The zero-order chi connectivity index (χ0) is 18.5. The number of aromatic nitrogens is 2. The predicted octanol–water partition coefficient (Wildman–Crippen LogP) is 2.28. The van der Waals surface area contributed by atoms with Crippen LogP contribution in [0.5, 0.6) is 0 Å². The van der Waals surface area contributed by atoms with Gasteiger partial charge in [-0.2, -0.15) is 5.26 Å².